The number of para-hydroxylation sites is 1. The maximum Gasteiger partial charge on any atom is 0.249 e. The summed E-state index contributed by atoms with van der Waals surface area (Å²) in [6.07, 6.45) is 1.48. The normalized spacial score (nSPS) is 28.3. The molecule has 0 aromatic heterocycles. The lowest BCUT2D eigenvalue weighted by atomic mass is 9.77. The Kier molecular flexibility index (Phi) is 7.10. The Morgan fingerprint density at radius 2 is 2.12 bits per heavy atom. The Balaban J connectivity index is 1.71. The molecule has 0 spiro atoms. The van der Waals surface area contributed by atoms with Gasteiger partial charge in [0.25, 0.3) is 0 Å². The van der Waals surface area contributed by atoms with Crippen LogP contribution in [0.1, 0.15) is 24.3 Å². The fourth-order valence-electron chi connectivity index (χ4n) is 4.80. The van der Waals surface area contributed by atoms with Crippen molar-refractivity contribution >= 4 is 11.8 Å². The van der Waals surface area contributed by atoms with Crippen LogP contribution in [0.15, 0.2) is 35.9 Å². The summed E-state index contributed by atoms with van der Waals surface area (Å²) in [7, 11) is 1.44. The van der Waals surface area contributed by atoms with Crippen LogP contribution in [0.5, 0.6) is 5.75 Å². The smallest absolute Gasteiger partial charge is 0.249 e. The summed E-state index contributed by atoms with van der Waals surface area (Å²) < 4.78 is 16.9. The Morgan fingerprint density at radius 1 is 1.31 bits per heavy atom. The Morgan fingerprint density at radius 3 is 2.84 bits per heavy atom. The highest BCUT2D eigenvalue weighted by molar-refractivity contribution is 5.96. The van der Waals surface area contributed by atoms with Crippen molar-refractivity contribution in [1.29, 1.82) is 0 Å². The highest BCUT2D eigenvalue weighted by atomic mass is 16.5. The standard InChI is InChI=1S/C23H30N2O7/c1-30-13-19(27)25(12-14-5-4-10-31-14)17-11-16(23(29)24-8-9-26)20-15-6-2-3-7-18(15)32-22(20)21(17)28/h2-3,6-7,11,14,17,20-22,26,28H,4-5,8-10,12-13H2,1H3,(H,24,29). The van der Waals surface area contributed by atoms with E-state index in [0.717, 1.165) is 18.4 Å². The number of aliphatic hydroxyl groups is 2. The van der Waals surface area contributed by atoms with Crippen LogP contribution >= 0.6 is 0 Å². The first kappa shape index (κ1) is 22.7. The molecule has 174 valence electrons. The number of aliphatic hydroxyl groups excluding tert-OH is 2. The quantitative estimate of drug-likeness (QED) is 0.513. The maximum absolute atomic E-state index is 13.0. The number of ether oxygens (including phenoxy) is 3. The average molecular weight is 447 g/mol. The van der Waals surface area contributed by atoms with Crippen molar-refractivity contribution in [2.24, 2.45) is 0 Å². The van der Waals surface area contributed by atoms with Gasteiger partial charge in [0, 0.05) is 37.9 Å². The van der Waals surface area contributed by atoms with Gasteiger partial charge in [-0.25, -0.2) is 0 Å². The van der Waals surface area contributed by atoms with Crippen LogP contribution < -0.4 is 10.1 Å². The van der Waals surface area contributed by atoms with Gasteiger partial charge >= 0.3 is 0 Å². The number of rotatable bonds is 8. The molecule has 0 radical (unpaired) electrons. The van der Waals surface area contributed by atoms with Gasteiger partial charge in [0.1, 0.15) is 24.6 Å². The summed E-state index contributed by atoms with van der Waals surface area (Å²) in [5.74, 6) is -0.523. The second-order valence-corrected chi connectivity index (χ2v) is 8.29. The summed E-state index contributed by atoms with van der Waals surface area (Å²) in [5.41, 5.74) is 1.22. The van der Waals surface area contributed by atoms with Crippen LogP contribution in [-0.2, 0) is 19.1 Å². The van der Waals surface area contributed by atoms with E-state index < -0.39 is 24.2 Å². The summed E-state index contributed by atoms with van der Waals surface area (Å²) in [6, 6.07) is 6.59. The zero-order chi connectivity index (χ0) is 22.7. The van der Waals surface area contributed by atoms with E-state index in [2.05, 4.69) is 5.32 Å². The van der Waals surface area contributed by atoms with Gasteiger partial charge in [-0.1, -0.05) is 18.2 Å². The van der Waals surface area contributed by atoms with Gasteiger partial charge in [-0.2, -0.15) is 0 Å². The van der Waals surface area contributed by atoms with Crippen LogP contribution in [0.2, 0.25) is 0 Å². The van der Waals surface area contributed by atoms with E-state index in [4.69, 9.17) is 19.3 Å². The van der Waals surface area contributed by atoms with Crippen LogP contribution in [0.3, 0.4) is 0 Å². The van der Waals surface area contributed by atoms with E-state index in [1.165, 1.54) is 12.0 Å². The molecule has 1 saturated heterocycles. The van der Waals surface area contributed by atoms with Crippen molar-refractivity contribution < 1.29 is 34.0 Å². The van der Waals surface area contributed by atoms with Crippen LogP contribution in [0, 0.1) is 0 Å². The van der Waals surface area contributed by atoms with Crippen molar-refractivity contribution in [1.82, 2.24) is 10.2 Å². The zero-order valence-corrected chi connectivity index (χ0v) is 18.1. The molecule has 9 nitrogen and oxygen atoms in total. The second kappa shape index (κ2) is 9.99. The number of methoxy groups -OCH3 is 1. The van der Waals surface area contributed by atoms with E-state index in [1.807, 2.05) is 18.2 Å². The minimum Gasteiger partial charge on any atom is -0.486 e. The maximum atomic E-state index is 13.0. The van der Waals surface area contributed by atoms with E-state index >= 15 is 0 Å². The summed E-state index contributed by atoms with van der Waals surface area (Å²) in [6.45, 7) is 0.689. The molecule has 9 heteroatoms. The number of amides is 2. The van der Waals surface area contributed by atoms with Gasteiger partial charge in [-0.3, -0.25) is 9.59 Å². The van der Waals surface area contributed by atoms with E-state index in [1.54, 1.807) is 12.1 Å². The fraction of sp³-hybridized carbons (Fsp3) is 0.565. The first-order valence-electron chi connectivity index (χ1n) is 11.0. The predicted octanol–water partition coefficient (Wildman–Crippen LogP) is -0.0368. The highest BCUT2D eigenvalue weighted by Gasteiger charge is 2.50. The van der Waals surface area contributed by atoms with E-state index in [0.29, 0.717) is 17.9 Å². The molecule has 32 heavy (non-hydrogen) atoms. The molecule has 2 amide bonds. The molecule has 1 aromatic rings. The monoisotopic (exact) mass is 446 g/mol. The van der Waals surface area contributed by atoms with Crippen LogP contribution in [0.4, 0.5) is 0 Å². The molecular weight excluding hydrogens is 416 g/mol. The third-order valence-corrected chi connectivity index (χ3v) is 6.25. The Bertz CT molecular complexity index is 868. The molecule has 5 unspecified atom stereocenters. The number of carbonyl (C=O) groups excluding carboxylic acids is 2. The van der Waals surface area contributed by atoms with Crippen molar-refractivity contribution in [2.75, 3.05) is 40.0 Å². The first-order chi connectivity index (χ1) is 15.5. The van der Waals surface area contributed by atoms with Crippen molar-refractivity contribution in [3.8, 4) is 5.75 Å². The lowest BCUT2D eigenvalue weighted by Gasteiger charge is -2.41. The highest BCUT2D eigenvalue weighted by Crippen LogP contribution is 2.47. The summed E-state index contributed by atoms with van der Waals surface area (Å²) in [5, 5.41) is 23.2. The third-order valence-electron chi connectivity index (χ3n) is 6.25. The molecule has 0 saturated carbocycles. The third kappa shape index (κ3) is 4.38. The molecule has 5 atom stereocenters. The number of fused-ring (bicyclic) bond motifs is 3. The Labute approximate surface area is 186 Å². The SMILES string of the molecule is COCC(=O)N(CC1CCCO1)C1C=C(C(=O)NCCO)C2c3ccccc3OC2C1O. The van der Waals surface area contributed by atoms with Gasteiger partial charge in [-0.05, 0) is 25.0 Å². The average Bonchev–Trinajstić information content (AvgIpc) is 3.45. The molecule has 2 heterocycles. The molecule has 2 aliphatic heterocycles. The fourth-order valence-corrected chi connectivity index (χ4v) is 4.80. The largest absolute Gasteiger partial charge is 0.486 e. The van der Waals surface area contributed by atoms with Crippen molar-refractivity contribution in [2.45, 2.75) is 43.1 Å². The molecule has 4 rings (SSSR count). The number of benzene rings is 1. The van der Waals surface area contributed by atoms with Gasteiger partial charge in [0.05, 0.1) is 24.7 Å². The number of hydrogen-bond donors (Lipinski definition) is 3. The van der Waals surface area contributed by atoms with Gasteiger partial charge in [-0.15, -0.1) is 0 Å². The molecule has 3 aliphatic rings. The lowest BCUT2D eigenvalue weighted by molar-refractivity contribution is -0.143. The minimum atomic E-state index is -1.05. The van der Waals surface area contributed by atoms with Crippen LogP contribution in [-0.4, -0.2) is 91.3 Å². The Hall–Kier alpha value is -2.46. The minimum absolute atomic E-state index is 0.103. The van der Waals surface area contributed by atoms with Gasteiger partial charge in [0.2, 0.25) is 11.8 Å². The number of carbonyl (C=O) groups is 2. The summed E-state index contributed by atoms with van der Waals surface area (Å²) >= 11 is 0. The van der Waals surface area contributed by atoms with E-state index in [-0.39, 0.29) is 44.2 Å². The predicted molar refractivity (Wildman–Crippen MR) is 114 cm³/mol. The van der Waals surface area contributed by atoms with Gasteiger partial charge in [0.15, 0.2) is 0 Å². The van der Waals surface area contributed by atoms with Gasteiger partial charge < -0.3 is 34.6 Å². The molecule has 1 aliphatic carbocycles. The topological polar surface area (TPSA) is 118 Å². The number of hydrogen-bond acceptors (Lipinski definition) is 7. The van der Waals surface area contributed by atoms with E-state index in [9.17, 15) is 14.7 Å². The molecule has 3 N–H and O–H groups in total. The zero-order valence-electron chi connectivity index (χ0n) is 18.1. The molecule has 0 bridgehead atoms. The van der Waals surface area contributed by atoms with Crippen molar-refractivity contribution in [3.63, 3.8) is 0 Å². The molecule has 1 aromatic carbocycles. The second-order valence-electron chi connectivity index (χ2n) is 8.29. The number of nitrogens with one attached hydrogen (secondary N) is 1. The molecular formula is C23H30N2O7. The number of nitrogens with zero attached hydrogens (tertiary/aromatic N) is 1. The van der Waals surface area contributed by atoms with Crippen LogP contribution in [0.25, 0.3) is 0 Å². The first-order valence-corrected chi connectivity index (χ1v) is 11.0. The van der Waals surface area contributed by atoms with Crippen molar-refractivity contribution in [3.05, 3.63) is 41.5 Å². The lowest BCUT2D eigenvalue weighted by Crippen LogP contribution is -2.57. The molecule has 1 fully saturated rings. The summed E-state index contributed by atoms with van der Waals surface area (Å²) in [4.78, 5) is 27.5.